The van der Waals surface area contributed by atoms with Gasteiger partial charge < -0.3 is 20.1 Å². The minimum atomic E-state index is -0.769. The molecule has 0 spiro atoms. The summed E-state index contributed by atoms with van der Waals surface area (Å²) in [6.07, 6.45) is 10.8. The van der Waals surface area contributed by atoms with Crippen LogP contribution in [0, 0.1) is 18.8 Å². The number of aliphatic carboxylic acids is 1. The van der Waals surface area contributed by atoms with Gasteiger partial charge in [0.2, 0.25) is 0 Å². The molecule has 0 amide bonds. The van der Waals surface area contributed by atoms with E-state index in [1.807, 2.05) is 49.4 Å². The molecule has 0 radical (unpaired) electrons. The van der Waals surface area contributed by atoms with Crippen LogP contribution in [0.5, 0.6) is 5.75 Å². The lowest BCUT2D eigenvalue weighted by molar-refractivity contribution is -0.137. The van der Waals surface area contributed by atoms with Gasteiger partial charge in [0.25, 0.3) is 0 Å². The summed E-state index contributed by atoms with van der Waals surface area (Å²) in [5.41, 5.74) is 1.11. The van der Waals surface area contributed by atoms with Crippen LogP contribution in [0.15, 0.2) is 48.6 Å². The summed E-state index contributed by atoms with van der Waals surface area (Å²) < 4.78 is 5.63. The van der Waals surface area contributed by atoms with Crippen LogP contribution in [0.3, 0.4) is 0 Å². The number of carbonyl (C=O) groups is 1. The van der Waals surface area contributed by atoms with E-state index >= 15 is 0 Å². The average Bonchev–Trinajstić information content (AvgIpc) is 3.01. The van der Waals surface area contributed by atoms with Crippen molar-refractivity contribution in [1.82, 2.24) is 0 Å². The predicted molar refractivity (Wildman–Crippen MR) is 120 cm³/mol. The Balaban J connectivity index is 0.00000420. The maximum atomic E-state index is 10.5. The highest BCUT2D eigenvalue weighted by atomic mass is 32.1. The molecule has 1 unspecified atom stereocenters. The standard InChI is InChI=1S/C23H32O5.H2S/c1-17-7-6-8-20(15-17)28-16-19(24)13-11-18-12-14-22(25)21(18)9-4-2-3-5-10-23(26)27;/h2,4,6-8,11,13,15,18-19,21-22,24-25H,3,5,9-10,12,14,16H2,1H3,(H,26,27);1H2/b4-2-,13-11+;/t18?,19-,21-,22+;/m1./s1. The average molecular weight is 423 g/mol. The topological polar surface area (TPSA) is 87.0 Å². The number of unbranched alkanes of at least 4 members (excludes halogenated alkanes) is 1. The summed E-state index contributed by atoms with van der Waals surface area (Å²) in [4.78, 5) is 10.5. The van der Waals surface area contributed by atoms with Gasteiger partial charge in [0, 0.05) is 6.42 Å². The lowest BCUT2D eigenvalue weighted by atomic mass is 9.90. The number of allylic oxidation sites excluding steroid dienone is 3. The molecule has 1 aromatic carbocycles. The minimum absolute atomic E-state index is 0. The van der Waals surface area contributed by atoms with Gasteiger partial charge in [-0.25, -0.2) is 0 Å². The van der Waals surface area contributed by atoms with Crippen molar-refractivity contribution in [2.24, 2.45) is 11.8 Å². The Morgan fingerprint density at radius 2 is 2.10 bits per heavy atom. The first-order chi connectivity index (χ1) is 13.5. The van der Waals surface area contributed by atoms with Crippen molar-refractivity contribution in [3.63, 3.8) is 0 Å². The Morgan fingerprint density at radius 3 is 2.83 bits per heavy atom. The second-order valence-corrected chi connectivity index (χ2v) is 7.55. The highest BCUT2D eigenvalue weighted by Crippen LogP contribution is 2.36. The molecule has 0 bridgehead atoms. The fourth-order valence-corrected chi connectivity index (χ4v) is 3.60. The number of carboxylic acid groups (broad SMARTS) is 1. The Labute approximate surface area is 180 Å². The van der Waals surface area contributed by atoms with E-state index in [1.165, 1.54) is 0 Å². The Hall–Kier alpha value is -1.76. The Bertz CT molecular complexity index is 673. The van der Waals surface area contributed by atoms with E-state index in [1.54, 1.807) is 6.08 Å². The molecule has 0 heterocycles. The summed E-state index contributed by atoms with van der Waals surface area (Å²) in [5.74, 6) is 0.341. The number of ether oxygens (including phenoxy) is 1. The van der Waals surface area contributed by atoms with Gasteiger partial charge >= 0.3 is 5.97 Å². The quantitative estimate of drug-likeness (QED) is 0.371. The molecule has 0 aliphatic heterocycles. The maximum Gasteiger partial charge on any atom is 0.303 e. The van der Waals surface area contributed by atoms with E-state index in [9.17, 15) is 15.0 Å². The minimum Gasteiger partial charge on any atom is -0.491 e. The van der Waals surface area contributed by atoms with Crippen molar-refractivity contribution in [3.05, 3.63) is 54.1 Å². The van der Waals surface area contributed by atoms with E-state index in [4.69, 9.17) is 9.84 Å². The summed E-state index contributed by atoms with van der Waals surface area (Å²) in [7, 11) is 0. The van der Waals surface area contributed by atoms with Crippen LogP contribution in [0.4, 0.5) is 0 Å². The smallest absolute Gasteiger partial charge is 0.303 e. The fourth-order valence-electron chi connectivity index (χ4n) is 3.60. The second-order valence-electron chi connectivity index (χ2n) is 7.55. The monoisotopic (exact) mass is 422 g/mol. The number of rotatable bonds is 11. The number of hydrogen-bond acceptors (Lipinski definition) is 4. The molecular formula is C23H34O5S. The first-order valence-corrected chi connectivity index (χ1v) is 10.1. The predicted octanol–water partition coefficient (Wildman–Crippen LogP) is 3.99. The van der Waals surface area contributed by atoms with Crippen molar-refractivity contribution >= 4 is 19.5 Å². The molecule has 5 nitrogen and oxygen atoms in total. The van der Waals surface area contributed by atoms with Crippen molar-refractivity contribution in [2.75, 3.05) is 6.61 Å². The number of carboxylic acids is 1. The molecule has 3 N–H and O–H groups in total. The molecule has 4 atom stereocenters. The molecule has 1 aliphatic rings. The van der Waals surface area contributed by atoms with Crippen molar-refractivity contribution in [2.45, 2.75) is 57.7 Å². The summed E-state index contributed by atoms with van der Waals surface area (Å²) in [6.45, 7) is 2.19. The van der Waals surface area contributed by atoms with Crippen LogP contribution in [-0.4, -0.2) is 40.1 Å². The third-order valence-corrected chi connectivity index (χ3v) is 5.17. The second kappa shape index (κ2) is 13.5. The molecule has 1 aliphatic carbocycles. The van der Waals surface area contributed by atoms with E-state index < -0.39 is 12.1 Å². The SMILES string of the molecule is Cc1cccc(OC[C@H](O)/C=C/C2CC[C@H](O)[C@@H]2C/C=C\CCCC(=O)O)c1.S. The lowest BCUT2D eigenvalue weighted by Gasteiger charge is -2.18. The third-order valence-electron chi connectivity index (χ3n) is 5.17. The molecular weight excluding hydrogens is 388 g/mol. The molecule has 0 saturated heterocycles. The number of aryl methyl sites for hydroxylation is 1. The van der Waals surface area contributed by atoms with Gasteiger partial charge in [-0.3, -0.25) is 4.79 Å². The van der Waals surface area contributed by atoms with E-state index in [2.05, 4.69) is 0 Å². The highest BCUT2D eigenvalue weighted by Gasteiger charge is 2.32. The number of aliphatic hydroxyl groups excluding tert-OH is 2. The van der Waals surface area contributed by atoms with Gasteiger partial charge in [0.05, 0.1) is 6.10 Å². The van der Waals surface area contributed by atoms with Crippen LogP contribution in [0.2, 0.25) is 0 Å². The number of hydrogen-bond donors (Lipinski definition) is 3. The zero-order valence-corrected chi connectivity index (χ0v) is 18.0. The third kappa shape index (κ3) is 9.52. The van der Waals surface area contributed by atoms with Gasteiger partial charge in [-0.05, 0) is 68.6 Å². The largest absolute Gasteiger partial charge is 0.491 e. The van der Waals surface area contributed by atoms with Gasteiger partial charge in [0.1, 0.15) is 18.5 Å². The van der Waals surface area contributed by atoms with Crippen LogP contribution < -0.4 is 4.74 Å². The fraction of sp³-hybridized carbons (Fsp3) is 0.522. The Morgan fingerprint density at radius 1 is 1.31 bits per heavy atom. The van der Waals surface area contributed by atoms with Gasteiger partial charge in [-0.15, -0.1) is 0 Å². The normalized spacial score (nSPS) is 22.7. The molecule has 1 saturated carbocycles. The molecule has 162 valence electrons. The summed E-state index contributed by atoms with van der Waals surface area (Å²) in [6, 6.07) is 7.72. The Kier molecular flexibility index (Phi) is 11.7. The zero-order valence-electron chi connectivity index (χ0n) is 17.0. The number of aliphatic hydroxyl groups is 2. The van der Waals surface area contributed by atoms with Crippen molar-refractivity contribution in [3.8, 4) is 5.75 Å². The van der Waals surface area contributed by atoms with Crippen molar-refractivity contribution < 1.29 is 24.9 Å². The molecule has 2 rings (SSSR count). The van der Waals surface area contributed by atoms with E-state index in [-0.39, 0.29) is 44.5 Å². The first-order valence-electron chi connectivity index (χ1n) is 10.1. The van der Waals surface area contributed by atoms with E-state index in [0.717, 1.165) is 37.0 Å². The van der Waals surface area contributed by atoms with Crippen LogP contribution >= 0.6 is 13.5 Å². The molecule has 29 heavy (non-hydrogen) atoms. The van der Waals surface area contributed by atoms with Crippen LogP contribution in [0.1, 0.15) is 44.1 Å². The van der Waals surface area contributed by atoms with Crippen LogP contribution in [0.25, 0.3) is 0 Å². The van der Waals surface area contributed by atoms with Gasteiger partial charge in [-0.2, -0.15) is 13.5 Å². The van der Waals surface area contributed by atoms with Gasteiger partial charge in [-0.1, -0.05) is 36.4 Å². The zero-order chi connectivity index (χ0) is 20.4. The molecule has 6 heteroatoms. The van der Waals surface area contributed by atoms with E-state index in [0.29, 0.717) is 6.42 Å². The molecule has 0 aromatic heterocycles. The number of benzene rings is 1. The van der Waals surface area contributed by atoms with Crippen molar-refractivity contribution in [1.29, 1.82) is 0 Å². The lowest BCUT2D eigenvalue weighted by Crippen LogP contribution is -2.19. The summed E-state index contributed by atoms with van der Waals surface area (Å²) >= 11 is 0. The maximum absolute atomic E-state index is 10.5. The summed E-state index contributed by atoms with van der Waals surface area (Å²) in [5, 5.41) is 29.1. The molecule has 1 aromatic rings. The van der Waals surface area contributed by atoms with Crippen LogP contribution in [-0.2, 0) is 4.79 Å². The highest BCUT2D eigenvalue weighted by molar-refractivity contribution is 7.59. The molecule has 1 fully saturated rings. The van der Waals surface area contributed by atoms with Gasteiger partial charge in [0.15, 0.2) is 0 Å². The first kappa shape index (κ1) is 25.3.